The third-order valence-corrected chi connectivity index (χ3v) is 8.30. The molecule has 2 aromatic rings. The van der Waals surface area contributed by atoms with Crippen LogP contribution in [0.3, 0.4) is 0 Å². The number of likely N-dealkylation sites (tertiary alicyclic amines) is 1. The zero-order valence-corrected chi connectivity index (χ0v) is 20.1. The second-order valence-corrected chi connectivity index (χ2v) is 10.9. The SMILES string of the molecule is CCCN1CC(c2cc(C)ccc2S(=O)(=O)O)C[C@@H]2C(=O)c3c(c(Cl)cc4c3OCO4)C[C@H]21. The molecule has 0 amide bonds. The van der Waals surface area contributed by atoms with Crippen LogP contribution in [-0.2, 0) is 16.5 Å². The van der Waals surface area contributed by atoms with Gasteiger partial charge in [-0.1, -0.05) is 36.2 Å². The van der Waals surface area contributed by atoms with Crippen LogP contribution in [0.15, 0.2) is 29.2 Å². The summed E-state index contributed by atoms with van der Waals surface area (Å²) in [7, 11) is -4.39. The molecule has 2 aromatic carbocycles. The highest BCUT2D eigenvalue weighted by Gasteiger charge is 2.47. The maximum Gasteiger partial charge on any atom is 0.294 e. The minimum absolute atomic E-state index is 0.0296. The number of hydrogen-bond acceptors (Lipinski definition) is 6. The van der Waals surface area contributed by atoms with Gasteiger partial charge in [0.25, 0.3) is 10.1 Å². The zero-order valence-electron chi connectivity index (χ0n) is 18.5. The van der Waals surface area contributed by atoms with Crippen LogP contribution in [-0.4, -0.2) is 49.6 Å². The first-order valence-corrected chi connectivity index (χ1v) is 13.0. The van der Waals surface area contributed by atoms with Crippen molar-refractivity contribution < 1.29 is 27.2 Å². The van der Waals surface area contributed by atoms with E-state index in [1.165, 1.54) is 6.07 Å². The number of nitrogens with zero attached hydrogens (tertiary/aromatic N) is 1. The number of ketones is 1. The van der Waals surface area contributed by atoms with E-state index in [1.54, 1.807) is 12.1 Å². The standard InChI is InChI=1S/C24H26ClNO6S/c1-3-6-26-11-14(15-7-13(2)4-5-21(15)33(28,29)30)8-17-19(26)9-16-18(25)10-20-24(32-12-31-20)22(16)23(17)27/h4-5,7,10,14,17,19H,3,6,8-9,11-12H2,1-2H3,(H,28,29,30)/t14?,17-,19+/m0/s1. The lowest BCUT2D eigenvalue weighted by molar-refractivity contribution is 0.0518. The number of rotatable bonds is 4. The number of hydrogen-bond donors (Lipinski definition) is 1. The van der Waals surface area contributed by atoms with Gasteiger partial charge in [-0.3, -0.25) is 14.2 Å². The molecule has 5 rings (SSSR count). The third-order valence-electron chi connectivity index (χ3n) is 7.03. The van der Waals surface area contributed by atoms with Gasteiger partial charge in [0.15, 0.2) is 17.3 Å². The number of benzene rings is 2. The van der Waals surface area contributed by atoms with Gasteiger partial charge in [-0.05, 0) is 55.8 Å². The summed E-state index contributed by atoms with van der Waals surface area (Å²) in [5, 5.41) is 0.506. The van der Waals surface area contributed by atoms with E-state index >= 15 is 0 Å². The van der Waals surface area contributed by atoms with Crippen molar-refractivity contribution in [3.8, 4) is 11.5 Å². The van der Waals surface area contributed by atoms with Gasteiger partial charge in [-0.15, -0.1) is 0 Å². The highest BCUT2D eigenvalue weighted by molar-refractivity contribution is 7.85. The molecule has 0 radical (unpaired) electrons. The maximum absolute atomic E-state index is 13.8. The van der Waals surface area contributed by atoms with Crippen LogP contribution < -0.4 is 9.47 Å². The normalized spacial score (nSPS) is 24.5. The van der Waals surface area contributed by atoms with Gasteiger partial charge in [0.2, 0.25) is 6.79 Å². The van der Waals surface area contributed by atoms with E-state index in [-0.39, 0.29) is 35.3 Å². The van der Waals surface area contributed by atoms with E-state index in [4.69, 9.17) is 21.1 Å². The highest BCUT2D eigenvalue weighted by Crippen LogP contribution is 2.49. The van der Waals surface area contributed by atoms with Crippen LogP contribution in [0.4, 0.5) is 0 Å². The number of ether oxygens (including phenoxy) is 2. The minimum atomic E-state index is -4.39. The fourth-order valence-electron chi connectivity index (χ4n) is 5.66. The Kier molecular flexibility index (Phi) is 5.68. The molecule has 9 heteroatoms. The molecule has 1 N–H and O–H groups in total. The van der Waals surface area contributed by atoms with E-state index in [0.29, 0.717) is 47.0 Å². The number of carbonyl (C=O) groups is 1. The smallest absolute Gasteiger partial charge is 0.294 e. The topological polar surface area (TPSA) is 93.1 Å². The predicted molar refractivity (Wildman–Crippen MR) is 123 cm³/mol. The summed E-state index contributed by atoms with van der Waals surface area (Å²) in [5.41, 5.74) is 2.75. The van der Waals surface area contributed by atoms with Crippen molar-refractivity contribution in [3.05, 3.63) is 51.5 Å². The Labute approximate surface area is 198 Å². The molecular weight excluding hydrogens is 466 g/mol. The summed E-state index contributed by atoms with van der Waals surface area (Å²) < 4.78 is 45.2. The molecule has 3 aliphatic rings. The number of fused-ring (bicyclic) bond motifs is 4. The van der Waals surface area contributed by atoms with Crippen molar-refractivity contribution in [2.75, 3.05) is 19.9 Å². The van der Waals surface area contributed by atoms with Crippen LogP contribution in [0, 0.1) is 12.8 Å². The first-order chi connectivity index (χ1) is 15.7. The van der Waals surface area contributed by atoms with E-state index in [0.717, 1.165) is 24.1 Å². The molecule has 0 bridgehead atoms. The maximum atomic E-state index is 13.8. The molecule has 2 heterocycles. The molecule has 176 valence electrons. The van der Waals surface area contributed by atoms with Gasteiger partial charge in [-0.2, -0.15) is 8.42 Å². The number of aryl methyl sites for hydroxylation is 1. The summed E-state index contributed by atoms with van der Waals surface area (Å²) in [4.78, 5) is 16.0. The van der Waals surface area contributed by atoms with Gasteiger partial charge in [-0.25, -0.2) is 0 Å². The fraction of sp³-hybridized carbons (Fsp3) is 0.458. The van der Waals surface area contributed by atoms with Crippen molar-refractivity contribution in [1.82, 2.24) is 4.90 Å². The number of carbonyl (C=O) groups excluding carboxylic acids is 1. The van der Waals surface area contributed by atoms with Crippen molar-refractivity contribution in [2.24, 2.45) is 5.92 Å². The van der Waals surface area contributed by atoms with Crippen molar-refractivity contribution in [1.29, 1.82) is 0 Å². The largest absolute Gasteiger partial charge is 0.454 e. The average Bonchev–Trinajstić information content (AvgIpc) is 3.21. The van der Waals surface area contributed by atoms with E-state index in [1.807, 2.05) is 13.0 Å². The minimum Gasteiger partial charge on any atom is -0.454 e. The Morgan fingerprint density at radius 3 is 2.76 bits per heavy atom. The molecule has 3 atom stereocenters. The molecule has 0 spiro atoms. The molecule has 7 nitrogen and oxygen atoms in total. The first-order valence-electron chi connectivity index (χ1n) is 11.2. The van der Waals surface area contributed by atoms with Gasteiger partial charge in [0.1, 0.15) is 0 Å². The van der Waals surface area contributed by atoms with Crippen LogP contribution >= 0.6 is 11.6 Å². The Morgan fingerprint density at radius 1 is 1.24 bits per heavy atom. The monoisotopic (exact) mass is 491 g/mol. The van der Waals surface area contributed by atoms with E-state index < -0.39 is 10.1 Å². The van der Waals surface area contributed by atoms with Gasteiger partial charge in [0, 0.05) is 29.6 Å². The molecule has 0 aromatic heterocycles. The van der Waals surface area contributed by atoms with Gasteiger partial charge >= 0.3 is 0 Å². The third kappa shape index (κ3) is 3.83. The summed E-state index contributed by atoms with van der Waals surface area (Å²) in [6, 6.07) is 6.62. The second-order valence-electron chi connectivity index (χ2n) is 9.13. The molecule has 1 fully saturated rings. The Bertz CT molecular complexity index is 1240. The number of piperidine rings is 1. The van der Waals surface area contributed by atoms with E-state index in [9.17, 15) is 17.8 Å². The average molecular weight is 492 g/mol. The van der Waals surface area contributed by atoms with Crippen LogP contribution in [0.25, 0.3) is 0 Å². The fourth-order valence-corrected chi connectivity index (χ4v) is 6.69. The van der Waals surface area contributed by atoms with Crippen molar-refractivity contribution in [3.63, 3.8) is 0 Å². The summed E-state index contributed by atoms with van der Waals surface area (Å²) in [5.74, 6) is 0.332. The lowest BCUT2D eigenvalue weighted by Gasteiger charge is -2.47. The summed E-state index contributed by atoms with van der Waals surface area (Å²) >= 11 is 6.56. The van der Waals surface area contributed by atoms with E-state index in [2.05, 4.69) is 11.8 Å². The van der Waals surface area contributed by atoms with Crippen LogP contribution in [0.2, 0.25) is 5.02 Å². The molecule has 0 saturated carbocycles. The first kappa shape index (κ1) is 22.7. The van der Waals surface area contributed by atoms with Crippen molar-refractivity contribution in [2.45, 2.75) is 50.0 Å². The zero-order chi connectivity index (χ0) is 23.5. The molecule has 33 heavy (non-hydrogen) atoms. The molecule has 1 unspecified atom stereocenters. The summed E-state index contributed by atoms with van der Waals surface area (Å²) in [6.07, 6.45) is 2.00. The number of Topliss-reactive ketones (excluding diaryl/α,β-unsaturated/α-hetero) is 1. The lowest BCUT2D eigenvalue weighted by Crippen LogP contribution is -2.54. The van der Waals surface area contributed by atoms with Gasteiger partial charge < -0.3 is 9.47 Å². The number of halogens is 1. The van der Waals surface area contributed by atoms with Crippen LogP contribution in [0.5, 0.6) is 11.5 Å². The molecule has 2 aliphatic heterocycles. The Balaban J connectivity index is 1.60. The Morgan fingerprint density at radius 2 is 2.03 bits per heavy atom. The molecule has 1 aliphatic carbocycles. The lowest BCUT2D eigenvalue weighted by atomic mass is 9.70. The van der Waals surface area contributed by atoms with Crippen molar-refractivity contribution >= 4 is 27.5 Å². The highest BCUT2D eigenvalue weighted by atomic mass is 35.5. The molecule has 1 saturated heterocycles. The summed E-state index contributed by atoms with van der Waals surface area (Å²) in [6.45, 7) is 5.40. The quantitative estimate of drug-likeness (QED) is 0.639. The molecular formula is C24H26ClNO6S. The van der Waals surface area contributed by atoms with Crippen LogP contribution in [0.1, 0.15) is 52.7 Å². The second kappa shape index (κ2) is 8.27. The predicted octanol–water partition coefficient (Wildman–Crippen LogP) is 4.25. The van der Waals surface area contributed by atoms with Gasteiger partial charge in [0.05, 0.1) is 10.5 Å². The Hall–Kier alpha value is -2.13.